The van der Waals surface area contributed by atoms with Gasteiger partial charge < -0.3 is 10.6 Å². The van der Waals surface area contributed by atoms with Gasteiger partial charge in [-0.2, -0.15) is 0 Å². The Kier molecular flexibility index (Phi) is 6.04. The van der Waals surface area contributed by atoms with Gasteiger partial charge in [0.05, 0.1) is 12.4 Å². The first-order valence-corrected chi connectivity index (χ1v) is 8.43. The number of nitrogens with zero attached hydrogens (tertiary/aromatic N) is 2. The van der Waals surface area contributed by atoms with Gasteiger partial charge in [-0.1, -0.05) is 24.3 Å². The SMILES string of the molecule is O=C(NCCc1ccc(F)cc1)c1cnc(NCc2ccc(F)cc2)cn1. The second kappa shape index (κ2) is 8.84. The predicted octanol–water partition coefficient (Wildman–Crippen LogP) is 3.34. The smallest absolute Gasteiger partial charge is 0.271 e. The number of hydrogen-bond acceptors (Lipinski definition) is 4. The van der Waals surface area contributed by atoms with Crippen LogP contribution in [0.5, 0.6) is 0 Å². The maximum Gasteiger partial charge on any atom is 0.271 e. The van der Waals surface area contributed by atoms with Crippen LogP contribution >= 0.6 is 0 Å². The zero-order valence-corrected chi connectivity index (χ0v) is 14.5. The molecule has 1 heterocycles. The first-order valence-electron chi connectivity index (χ1n) is 8.43. The van der Waals surface area contributed by atoms with Crippen LogP contribution in [0.1, 0.15) is 21.6 Å². The number of carbonyl (C=O) groups is 1. The molecule has 0 spiro atoms. The van der Waals surface area contributed by atoms with E-state index in [0.29, 0.717) is 25.3 Å². The Morgan fingerprint density at radius 1 is 0.852 bits per heavy atom. The van der Waals surface area contributed by atoms with Crippen LogP contribution in [0.2, 0.25) is 0 Å². The molecule has 2 aromatic carbocycles. The zero-order valence-electron chi connectivity index (χ0n) is 14.5. The molecule has 7 heteroatoms. The molecule has 0 bridgehead atoms. The van der Waals surface area contributed by atoms with Crippen LogP contribution in [-0.4, -0.2) is 22.4 Å². The number of benzene rings is 2. The summed E-state index contributed by atoms with van der Waals surface area (Å²) >= 11 is 0. The number of nitrogens with one attached hydrogen (secondary N) is 2. The number of rotatable bonds is 7. The maximum atomic E-state index is 12.9. The first-order chi connectivity index (χ1) is 13.1. The quantitative estimate of drug-likeness (QED) is 0.671. The largest absolute Gasteiger partial charge is 0.365 e. The van der Waals surface area contributed by atoms with Crippen molar-refractivity contribution in [1.29, 1.82) is 0 Å². The van der Waals surface area contributed by atoms with E-state index < -0.39 is 0 Å². The fraction of sp³-hybridized carbons (Fsp3) is 0.150. The maximum absolute atomic E-state index is 12.9. The van der Waals surface area contributed by atoms with E-state index in [0.717, 1.165) is 11.1 Å². The van der Waals surface area contributed by atoms with Gasteiger partial charge in [0.25, 0.3) is 5.91 Å². The standard InChI is InChI=1S/C20H18F2N4O/c21-16-5-1-14(2-6-16)9-10-23-20(27)18-12-26-19(13-24-18)25-11-15-3-7-17(22)8-4-15/h1-8,12-13H,9-11H2,(H,23,27)(H,25,26). The van der Waals surface area contributed by atoms with Crippen molar-refractivity contribution in [2.24, 2.45) is 0 Å². The Morgan fingerprint density at radius 2 is 1.48 bits per heavy atom. The summed E-state index contributed by atoms with van der Waals surface area (Å²) in [6, 6.07) is 12.3. The molecule has 0 saturated carbocycles. The van der Waals surface area contributed by atoms with Crippen molar-refractivity contribution in [3.8, 4) is 0 Å². The molecule has 5 nitrogen and oxygen atoms in total. The fourth-order valence-electron chi connectivity index (χ4n) is 2.39. The molecule has 0 atom stereocenters. The number of amides is 1. The molecule has 1 aromatic heterocycles. The molecular formula is C20H18F2N4O. The van der Waals surface area contributed by atoms with Crippen LogP contribution in [0.4, 0.5) is 14.6 Å². The Bertz CT molecular complexity index is 881. The molecule has 3 aromatic rings. The lowest BCUT2D eigenvalue weighted by Crippen LogP contribution is -2.26. The van der Waals surface area contributed by atoms with Crippen LogP contribution in [0.3, 0.4) is 0 Å². The van der Waals surface area contributed by atoms with E-state index in [2.05, 4.69) is 20.6 Å². The summed E-state index contributed by atoms with van der Waals surface area (Å²) in [4.78, 5) is 20.3. The van der Waals surface area contributed by atoms with E-state index in [1.807, 2.05) is 0 Å². The van der Waals surface area contributed by atoms with E-state index in [1.54, 1.807) is 24.3 Å². The van der Waals surface area contributed by atoms with E-state index in [-0.39, 0.29) is 23.2 Å². The van der Waals surface area contributed by atoms with Crippen molar-refractivity contribution in [1.82, 2.24) is 15.3 Å². The van der Waals surface area contributed by atoms with Gasteiger partial charge >= 0.3 is 0 Å². The number of hydrogen-bond donors (Lipinski definition) is 2. The topological polar surface area (TPSA) is 66.9 Å². The molecule has 0 aliphatic carbocycles. The minimum absolute atomic E-state index is 0.210. The third-order valence-electron chi connectivity index (χ3n) is 3.88. The minimum Gasteiger partial charge on any atom is -0.365 e. The van der Waals surface area contributed by atoms with Crippen LogP contribution in [0.15, 0.2) is 60.9 Å². The summed E-state index contributed by atoms with van der Waals surface area (Å²) in [5.74, 6) is -0.378. The molecule has 1 amide bonds. The lowest BCUT2D eigenvalue weighted by molar-refractivity contribution is 0.0949. The zero-order chi connectivity index (χ0) is 19.1. The monoisotopic (exact) mass is 368 g/mol. The van der Waals surface area contributed by atoms with Crippen molar-refractivity contribution < 1.29 is 13.6 Å². The van der Waals surface area contributed by atoms with Gasteiger partial charge in [0, 0.05) is 13.1 Å². The third kappa shape index (κ3) is 5.57. The normalized spacial score (nSPS) is 10.4. The summed E-state index contributed by atoms with van der Waals surface area (Å²) < 4.78 is 25.7. The molecular weight excluding hydrogens is 350 g/mol. The van der Waals surface area contributed by atoms with Crippen molar-refractivity contribution in [2.45, 2.75) is 13.0 Å². The second-order valence-corrected chi connectivity index (χ2v) is 5.90. The van der Waals surface area contributed by atoms with E-state index in [9.17, 15) is 13.6 Å². The summed E-state index contributed by atoms with van der Waals surface area (Å²) in [6.07, 6.45) is 3.45. The Balaban J connectivity index is 1.46. The molecule has 3 rings (SSSR count). The van der Waals surface area contributed by atoms with E-state index >= 15 is 0 Å². The van der Waals surface area contributed by atoms with Crippen LogP contribution < -0.4 is 10.6 Å². The fourth-order valence-corrected chi connectivity index (χ4v) is 2.39. The Hall–Kier alpha value is -3.35. The first kappa shape index (κ1) is 18.4. The summed E-state index contributed by atoms with van der Waals surface area (Å²) in [5.41, 5.74) is 2.05. The molecule has 0 fully saturated rings. The van der Waals surface area contributed by atoms with Crippen LogP contribution in [0, 0.1) is 11.6 Å². The summed E-state index contributed by atoms with van der Waals surface area (Å²) in [7, 11) is 0. The molecule has 0 unspecified atom stereocenters. The highest BCUT2D eigenvalue weighted by atomic mass is 19.1. The Morgan fingerprint density at radius 3 is 2.07 bits per heavy atom. The van der Waals surface area contributed by atoms with Gasteiger partial charge in [-0.05, 0) is 41.8 Å². The summed E-state index contributed by atoms with van der Waals surface area (Å²) in [5, 5.41) is 5.81. The van der Waals surface area contributed by atoms with E-state index in [1.165, 1.54) is 36.7 Å². The van der Waals surface area contributed by atoms with Crippen molar-refractivity contribution in [2.75, 3.05) is 11.9 Å². The van der Waals surface area contributed by atoms with Crippen molar-refractivity contribution in [3.05, 3.63) is 89.4 Å². The van der Waals surface area contributed by atoms with Crippen LogP contribution in [-0.2, 0) is 13.0 Å². The highest BCUT2D eigenvalue weighted by molar-refractivity contribution is 5.91. The van der Waals surface area contributed by atoms with Gasteiger partial charge in [0.1, 0.15) is 23.1 Å². The van der Waals surface area contributed by atoms with Gasteiger partial charge in [-0.15, -0.1) is 0 Å². The number of aromatic nitrogens is 2. The molecule has 27 heavy (non-hydrogen) atoms. The van der Waals surface area contributed by atoms with Gasteiger partial charge in [0.2, 0.25) is 0 Å². The number of halogens is 2. The van der Waals surface area contributed by atoms with E-state index in [4.69, 9.17) is 0 Å². The molecule has 0 aliphatic heterocycles. The molecule has 0 saturated heterocycles. The van der Waals surface area contributed by atoms with Crippen molar-refractivity contribution in [3.63, 3.8) is 0 Å². The average molecular weight is 368 g/mol. The predicted molar refractivity (Wildman–Crippen MR) is 98.2 cm³/mol. The molecule has 0 aliphatic rings. The average Bonchev–Trinajstić information content (AvgIpc) is 2.69. The number of carbonyl (C=O) groups excluding carboxylic acids is 1. The highest BCUT2D eigenvalue weighted by Gasteiger charge is 2.07. The lowest BCUT2D eigenvalue weighted by Gasteiger charge is -2.07. The number of anilines is 1. The van der Waals surface area contributed by atoms with Gasteiger partial charge in [0.15, 0.2) is 0 Å². The molecule has 0 radical (unpaired) electrons. The summed E-state index contributed by atoms with van der Waals surface area (Å²) in [6.45, 7) is 0.884. The highest BCUT2D eigenvalue weighted by Crippen LogP contribution is 2.07. The minimum atomic E-state index is -0.324. The Labute approximate surface area is 155 Å². The molecule has 138 valence electrons. The van der Waals surface area contributed by atoms with Crippen molar-refractivity contribution >= 4 is 11.7 Å². The van der Waals surface area contributed by atoms with Gasteiger partial charge in [-0.3, -0.25) is 4.79 Å². The van der Waals surface area contributed by atoms with Gasteiger partial charge in [-0.25, -0.2) is 18.7 Å². The second-order valence-electron chi connectivity index (χ2n) is 5.90. The lowest BCUT2D eigenvalue weighted by atomic mass is 10.1. The molecule has 2 N–H and O–H groups in total. The van der Waals surface area contributed by atoms with Crippen LogP contribution in [0.25, 0.3) is 0 Å². The third-order valence-corrected chi connectivity index (χ3v) is 3.88.